The van der Waals surface area contributed by atoms with Gasteiger partial charge in [-0.05, 0) is 100 Å². The van der Waals surface area contributed by atoms with Gasteiger partial charge in [0.2, 0.25) is 0 Å². The van der Waals surface area contributed by atoms with Crippen LogP contribution < -0.4 is 0 Å². The highest BCUT2D eigenvalue weighted by atomic mass is 16.5. The second-order valence-electron chi connectivity index (χ2n) is 11.2. The van der Waals surface area contributed by atoms with Gasteiger partial charge in [-0.1, -0.05) is 13.8 Å². The predicted molar refractivity (Wildman–Crippen MR) is 101 cm³/mol. The largest absolute Gasteiger partial charge is 0.372 e. The van der Waals surface area contributed by atoms with Crippen LogP contribution in [0.4, 0.5) is 0 Å². The minimum atomic E-state index is -0.0349. The molecule has 0 unspecified atom stereocenters. The molecule has 25 heavy (non-hydrogen) atoms. The Labute approximate surface area is 154 Å². The molecular weight excluding hydrogens is 308 g/mol. The Bertz CT molecular complexity index is 547. The number of rotatable bonds is 1. The van der Waals surface area contributed by atoms with Gasteiger partial charge in [-0.25, -0.2) is 0 Å². The third-order valence-corrected chi connectivity index (χ3v) is 8.89. The van der Waals surface area contributed by atoms with Gasteiger partial charge in [-0.2, -0.15) is 0 Å². The van der Waals surface area contributed by atoms with Gasteiger partial charge in [0.1, 0.15) is 5.78 Å². The summed E-state index contributed by atoms with van der Waals surface area (Å²) in [6.45, 7) is 11.7. The van der Waals surface area contributed by atoms with Gasteiger partial charge >= 0.3 is 0 Å². The van der Waals surface area contributed by atoms with E-state index in [1.54, 1.807) is 0 Å². The van der Waals surface area contributed by atoms with Crippen molar-refractivity contribution in [2.45, 2.75) is 104 Å². The van der Waals surface area contributed by atoms with Crippen LogP contribution in [0.2, 0.25) is 0 Å². The zero-order valence-electron chi connectivity index (χ0n) is 17.1. The van der Waals surface area contributed by atoms with Gasteiger partial charge in [0.15, 0.2) is 0 Å². The minimum Gasteiger partial charge on any atom is -0.372 e. The highest BCUT2D eigenvalue weighted by Gasteiger charge is 2.60. The summed E-state index contributed by atoms with van der Waals surface area (Å²) in [7, 11) is 0. The van der Waals surface area contributed by atoms with Crippen molar-refractivity contribution in [1.29, 1.82) is 0 Å². The molecule has 4 aliphatic carbocycles. The first kappa shape index (κ1) is 18.0. The average molecular weight is 347 g/mol. The van der Waals surface area contributed by atoms with E-state index < -0.39 is 0 Å². The molecule has 0 bridgehead atoms. The number of carbonyl (C=O) groups excluding carboxylic acids is 1. The van der Waals surface area contributed by atoms with Crippen molar-refractivity contribution < 1.29 is 9.53 Å². The van der Waals surface area contributed by atoms with Crippen LogP contribution in [0.15, 0.2) is 0 Å². The topological polar surface area (TPSA) is 26.3 Å². The van der Waals surface area contributed by atoms with Crippen molar-refractivity contribution in [2.75, 3.05) is 0 Å². The Balaban J connectivity index is 1.57. The molecule has 4 fully saturated rings. The van der Waals surface area contributed by atoms with E-state index >= 15 is 0 Å². The van der Waals surface area contributed by atoms with Crippen LogP contribution >= 0.6 is 0 Å². The van der Waals surface area contributed by atoms with Gasteiger partial charge in [-0.3, -0.25) is 4.79 Å². The lowest BCUT2D eigenvalue weighted by molar-refractivity contribution is -0.159. The fourth-order valence-corrected chi connectivity index (χ4v) is 7.62. The zero-order valence-corrected chi connectivity index (χ0v) is 17.1. The molecule has 0 spiro atoms. The highest BCUT2D eigenvalue weighted by Crippen LogP contribution is 2.66. The average Bonchev–Trinajstić information content (AvgIpc) is 2.83. The molecule has 0 aromatic rings. The van der Waals surface area contributed by atoms with Crippen molar-refractivity contribution in [1.82, 2.24) is 0 Å². The third kappa shape index (κ3) is 2.82. The lowest BCUT2D eigenvalue weighted by Crippen LogP contribution is -2.54. The maximum atomic E-state index is 12.0. The minimum absolute atomic E-state index is 0.0349. The van der Waals surface area contributed by atoms with Gasteiger partial charge in [0.05, 0.1) is 11.7 Å². The SMILES string of the molecule is CC(C)(C)O[C@H]1CC[C@H]2[C@@H]3CC[C@H]4CC(=O)CC[C@]4(C)[C@H]3CC[C@]12C. The maximum absolute atomic E-state index is 12.0. The molecule has 0 N–H and O–H groups in total. The standard InChI is InChI=1S/C23H38O2/c1-21(2,3)25-20-9-8-18-17-7-6-15-14-16(24)10-12-22(15,4)19(17)11-13-23(18,20)5/h15,17-20H,6-14H2,1-5H3/t15-,17-,18-,19-,20-,22-,23-/m0/s1. The van der Waals surface area contributed by atoms with E-state index in [1.807, 2.05) is 0 Å². The Morgan fingerprint density at radius 2 is 1.64 bits per heavy atom. The molecule has 0 saturated heterocycles. The van der Waals surface area contributed by atoms with Gasteiger partial charge in [0.25, 0.3) is 0 Å². The summed E-state index contributed by atoms with van der Waals surface area (Å²) in [4.78, 5) is 12.0. The smallest absolute Gasteiger partial charge is 0.133 e. The number of ketones is 1. The van der Waals surface area contributed by atoms with Crippen LogP contribution in [-0.4, -0.2) is 17.5 Å². The number of ether oxygens (including phenoxy) is 1. The van der Waals surface area contributed by atoms with Crippen LogP contribution in [-0.2, 0) is 9.53 Å². The van der Waals surface area contributed by atoms with Gasteiger partial charge < -0.3 is 4.74 Å². The predicted octanol–water partition coefficient (Wildman–Crippen LogP) is 5.78. The Morgan fingerprint density at radius 3 is 2.36 bits per heavy atom. The lowest BCUT2D eigenvalue weighted by Gasteiger charge is -2.60. The van der Waals surface area contributed by atoms with Crippen LogP contribution in [0.3, 0.4) is 0 Å². The fraction of sp³-hybridized carbons (Fsp3) is 0.957. The summed E-state index contributed by atoms with van der Waals surface area (Å²) in [5.41, 5.74) is 0.774. The van der Waals surface area contributed by atoms with Crippen LogP contribution in [0.5, 0.6) is 0 Å². The van der Waals surface area contributed by atoms with Crippen molar-refractivity contribution in [2.24, 2.45) is 34.5 Å². The molecule has 0 aromatic carbocycles. The summed E-state index contributed by atoms with van der Waals surface area (Å²) in [5.74, 6) is 3.77. The molecule has 4 saturated carbocycles. The zero-order chi connectivity index (χ0) is 18.0. The van der Waals surface area contributed by atoms with E-state index in [1.165, 1.54) is 38.5 Å². The van der Waals surface area contributed by atoms with Crippen LogP contribution in [0, 0.1) is 34.5 Å². The molecule has 4 rings (SSSR count). The molecule has 142 valence electrons. The normalized spacial score (nSPS) is 50.1. The van der Waals surface area contributed by atoms with E-state index in [9.17, 15) is 4.79 Å². The van der Waals surface area contributed by atoms with E-state index in [-0.39, 0.29) is 5.60 Å². The van der Waals surface area contributed by atoms with Crippen molar-refractivity contribution in [3.05, 3.63) is 0 Å². The second-order valence-corrected chi connectivity index (χ2v) is 11.2. The Kier molecular flexibility index (Phi) is 4.19. The number of fused-ring (bicyclic) bond motifs is 5. The molecule has 0 aliphatic heterocycles. The highest BCUT2D eigenvalue weighted by molar-refractivity contribution is 5.79. The molecule has 0 radical (unpaired) electrons. The molecular formula is C23H38O2. The van der Waals surface area contributed by atoms with E-state index in [0.717, 1.165) is 37.0 Å². The summed E-state index contributed by atoms with van der Waals surface area (Å²) in [6, 6.07) is 0. The monoisotopic (exact) mass is 346 g/mol. The number of hydrogen-bond donors (Lipinski definition) is 0. The number of carbonyl (C=O) groups is 1. The summed E-state index contributed by atoms with van der Waals surface area (Å²) in [5, 5.41) is 0. The van der Waals surface area contributed by atoms with Gasteiger partial charge in [-0.15, -0.1) is 0 Å². The number of hydrogen-bond acceptors (Lipinski definition) is 2. The first-order valence-corrected chi connectivity index (χ1v) is 10.8. The first-order chi connectivity index (χ1) is 11.6. The number of Topliss-reactive ketones (excluding diaryl/α,β-unsaturated/α-hetero) is 1. The molecule has 0 aromatic heterocycles. The molecule has 2 heteroatoms. The third-order valence-electron chi connectivity index (χ3n) is 8.89. The van der Waals surface area contributed by atoms with E-state index in [4.69, 9.17) is 4.74 Å². The van der Waals surface area contributed by atoms with E-state index in [2.05, 4.69) is 34.6 Å². The fourth-order valence-electron chi connectivity index (χ4n) is 7.62. The van der Waals surface area contributed by atoms with Gasteiger partial charge in [0, 0.05) is 12.8 Å². The summed E-state index contributed by atoms with van der Waals surface area (Å²) >= 11 is 0. The molecule has 0 amide bonds. The van der Waals surface area contributed by atoms with Crippen molar-refractivity contribution in [3.8, 4) is 0 Å². The van der Waals surface area contributed by atoms with Crippen molar-refractivity contribution >= 4 is 5.78 Å². The maximum Gasteiger partial charge on any atom is 0.133 e. The molecule has 2 nitrogen and oxygen atoms in total. The van der Waals surface area contributed by atoms with Crippen LogP contribution in [0.1, 0.15) is 92.4 Å². The lowest BCUT2D eigenvalue weighted by atomic mass is 9.45. The van der Waals surface area contributed by atoms with E-state index in [0.29, 0.717) is 28.6 Å². The molecule has 4 aliphatic rings. The van der Waals surface area contributed by atoms with Crippen LogP contribution in [0.25, 0.3) is 0 Å². The first-order valence-electron chi connectivity index (χ1n) is 10.8. The second kappa shape index (κ2) is 5.81. The Morgan fingerprint density at radius 1 is 0.920 bits per heavy atom. The quantitative estimate of drug-likeness (QED) is 0.601. The van der Waals surface area contributed by atoms with Crippen molar-refractivity contribution in [3.63, 3.8) is 0 Å². The summed E-state index contributed by atoms with van der Waals surface area (Å²) < 4.78 is 6.55. The molecule has 0 heterocycles. The molecule has 7 atom stereocenters. The Hall–Kier alpha value is -0.370. The summed E-state index contributed by atoms with van der Waals surface area (Å²) in [6.07, 6.45) is 11.3.